The molecule has 2 aromatic carbocycles. The second kappa shape index (κ2) is 7.59. The number of nitrogens with one attached hydrogen (secondary N) is 3. The van der Waals surface area contributed by atoms with Gasteiger partial charge in [-0.1, -0.05) is 12.1 Å². The molecule has 0 fully saturated rings. The first kappa shape index (κ1) is 18.4. The molecule has 0 saturated heterocycles. The highest BCUT2D eigenvalue weighted by Gasteiger charge is 2.09. The van der Waals surface area contributed by atoms with Crippen LogP contribution in [0.15, 0.2) is 42.7 Å². The Morgan fingerprint density at radius 1 is 1.14 bits per heavy atom. The van der Waals surface area contributed by atoms with Crippen LogP contribution in [0.3, 0.4) is 0 Å². The van der Waals surface area contributed by atoms with E-state index in [-0.39, 0.29) is 0 Å². The first-order valence-electron chi connectivity index (χ1n) is 9.51. The van der Waals surface area contributed by atoms with Crippen molar-refractivity contribution in [2.75, 3.05) is 10.6 Å². The van der Waals surface area contributed by atoms with Crippen molar-refractivity contribution in [2.24, 2.45) is 0 Å². The molecule has 2 heterocycles. The summed E-state index contributed by atoms with van der Waals surface area (Å²) in [6.07, 6.45) is 1.60. The highest BCUT2D eigenvalue weighted by atomic mass is 32.1. The van der Waals surface area contributed by atoms with Crippen molar-refractivity contribution in [1.82, 2.24) is 19.5 Å². The van der Waals surface area contributed by atoms with Gasteiger partial charge in [0.15, 0.2) is 4.77 Å². The van der Waals surface area contributed by atoms with Crippen molar-refractivity contribution in [3.8, 4) is 0 Å². The van der Waals surface area contributed by atoms with E-state index < -0.39 is 0 Å². The largest absolute Gasteiger partial charge is 0.383 e. The molecule has 28 heavy (non-hydrogen) atoms. The Bertz CT molecular complexity index is 1170. The van der Waals surface area contributed by atoms with E-state index in [0.717, 1.165) is 44.8 Å². The molecule has 3 N–H and O–H groups in total. The third-order valence-electron chi connectivity index (χ3n) is 4.72. The van der Waals surface area contributed by atoms with Crippen LogP contribution >= 0.6 is 12.2 Å². The summed E-state index contributed by atoms with van der Waals surface area (Å²) >= 11 is 5.43. The number of aromatic nitrogens is 4. The van der Waals surface area contributed by atoms with Crippen LogP contribution in [0.25, 0.3) is 21.9 Å². The number of hydrogen-bond acceptors (Lipinski definition) is 5. The fourth-order valence-electron chi connectivity index (χ4n) is 3.40. The van der Waals surface area contributed by atoms with Gasteiger partial charge >= 0.3 is 0 Å². The molecule has 0 aliphatic carbocycles. The average Bonchev–Trinajstić information content (AvgIpc) is 2.99. The minimum Gasteiger partial charge on any atom is -0.383 e. The molecule has 2 aromatic heterocycles. The van der Waals surface area contributed by atoms with Crippen molar-refractivity contribution in [3.05, 3.63) is 53.1 Å². The van der Waals surface area contributed by atoms with Crippen molar-refractivity contribution in [2.45, 2.75) is 39.9 Å². The highest BCUT2D eigenvalue weighted by Crippen LogP contribution is 2.26. The van der Waals surface area contributed by atoms with E-state index in [4.69, 9.17) is 12.2 Å². The lowest BCUT2D eigenvalue weighted by molar-refractivity contribution is 0.774. The molecule has 0 radical (unpaired) electrons. The first-order valence-corrected chi connectivity index (χ1v) is 9.92. The molecule has 6 nitrogen and oxygen atoms in total. The summed E-state index contributed by atoms with van der Waals surface area (Å²) in [4.78, 5) is 12.2. The Kier molecular flexibility index (Phi) is 5.00. The summed E-state index contributed by atoms with van der Waals surface area (Å²) in [5.74, 6) is 0.819. The summed E-state index contributed by atoms with van der Waals surface area (Å²) in [6, 6.07) is 13.0. The van der Waals surface area contributed by atoms with Crippen LogP contribution in [0.1, 0.15) is 26.3 Å². The molecular weight excluding hydrogens is 368 g/mol. The quantitative estimate of drug-likeness (QED) is 0.399. The minimum absolute atomic E-state index is 0.420. The molecular formula is C21H24N6S. The second-order valence-corrected chi connectivity index (χ2v) is 7.52. The fraction of sp³-hybridized carbons (Fsp3) is 0.286. The van der Waals surface area contributed by atoms with Crippen molar-refractivity contribution < 1.29 is 0 Å². The van der Waals surface area contributed by atoms with Crippen LogP contribution in [0.4, 0.5) is 11.5 Å². The maximum absolute atomic E-state index is 5.43. The zero-order valence-electron chi connectivity index (χ0n) is 16.3. The number of imidazole rings is 1. The number of H-pyrrole nitrogens is 1. The van der Waals surface area contributed by atoms with Gasteiger partial charge in [-0.05, 0) is 62.8 Å². The number of rotatable bonds is 6. The monoisotopic (exact) mass is 392 g/mol. The minimum atomic E-state index is 0.420. The third-order valence-corrected chi connectivity index (χ3v) is 5.04. The Morgan fingerprint density at radius 3 is 2.64 bits per heavy atom. The third kappa shape index (κ3) is 3.57. The normalized spacial score (nSPS) is 11.4. The Balaban J connectivity index is 1.62. The summed E-state index contributed by atoms with van der Waals surface area (Å²) < 4.78 is 2.80. The van der Waals surface area contributed by atoms with E-state index in [2.05, 4.69) is 87.3 Å². The van der Waals surface area contributed by atoms with E-state index >= 15 is 0 Å². The number of aryl methyl sites for hydroxylation is 1. The molecule has 0 aliphatic heterocycles. The molecule has 0 spiro atoms. The smallest absolute Gasteiger partial charge is 0.178 e. The first-order chi connectivity index (χ1) is 13.5. The molecule has 0 unspecified atom stereocenters. The molecule has 4 rings (SSSR count). The lowest BCUT2D eigenvalue weighted by atomic mass is 10.1. The Hall–Kier alpha value is -2.93. The van der Waals surface area contributed by atoms with Crippen LogP contribution in [0.2, 0.25) is 0 Å². The van der Waals surface area contributed by atoms with Crippen molar-refractivity contribution >= 4 is 45.7 Å². The Morgan fingerprint density at radius 2 is 1.93 bits per heavy atom. The molecule has 0 atom stereocenters. The van der Waals surface area contributed by atoms with Crippen LogP contribution in [0.5, 0.6) is 0 Å². The van der Waals surface area contributed by atoms with Crippen LogP contribution < -0.4 is 10.6 Å². The lowest BCUT2D eigenvalue weighted by Crippen LogP contribution is -2.09. The number of fused-ring (bicyclic) bond motifs is 2. The topological polar surface area (TPSA) is 70.6 Å². The van der Waals surface area contributed by atoms with Crippen molar-refractivity contribution in [1.29, 1.82) is 0 Å². The standard InChI is InChI=1S/C21H24N6S/c1-4-27-19-10-17-16(9-18(19)26-21(27)28)20(24-12-23-17)22-11-14-5-7-15(8-6-14)25-13(2)3/h5-10,12-13,25H,4,11H2,1-3H3,(H,26,28)(H,22,23,24). The van der Waals surface area contributed by atoms with Gasteiger partial charge in [-0.2, -0.15) is 0 Å². The molecule has 0 saturated carbocycles. The van der Waals surface area contributed by atoms with Crippen LogP contribution in [-0.2, 0) is 13.1 Å². The van der Waals surface area contributed by atoms with Gasteiger partial charge in [0, 0.05) is 30.2 Å². The number of nitrogens with zero attached hydrogens (tertiary/aromatic N) is 3. The Labute approximate surface area is 169 Å². The van der Waals surface area contributed by atoms with Gasteiger partial charge in [0.2, 0.25) is 0 Å². The molecule has 7 heteroatoms. The van der Waals surface area contributed by atoms with E-state index in [9.17, 15) is 0 Å². The van der Waals surface area contributed by atoms with E-state index in [0.29, 0.717) is 12.6 Å². The van der Waals surface area contributed by atoms with Gasteiger partial charge in [0.25, 0.3) is 0 Å². The summed E-state index contributed by atoms with van der Waals surface area (Å²) in [5.41, 5.74) is 5.29. The SMILES string of the molecule is CCn1c(=S)[nH]c2cc3c(NCc4ccc(NC(C)C)cc4)ncnc3cc21. The zero-order chi connectivity index (χ0) is 19.7. The highest BCUT2D eigenvalue weighted by molar-refractivity contribution is 7.71. The molecule has 0 amide bonds. The van der Waals surface area contributed by atoms with Gasteiger partial charge in [-0.25, -0.2) is 9.97 Å². The summed E-state index contributed by atoms with van der Waals surface area (Å²) in [7, 11) is 0. The van der Waals surface area contributed by atoms with Gasteiger partial charge < -0.3 is 20.2 Å². The summed E-state index contributed by atoms with van der Waals surface area (Å²) in [6.45, 7) is 7.86. The lowest BCUT2D eigenvalue weighted by Gasteiger charge is -2.12. The van der Waals surface area contributed by atoms with Crippen LogP contribution in [0, 0.1) is 4.77 Å². The molecule has 0 bridgehead atoms. The maximum Gasteiger partial charge on any atom is 0.178 e. The number of benzene rings is 2. The van der Waals surface area contributed by atoms with Gasteiger partial charge in [-0.3, -0.25) is 0 Å². The van der Waals surface area contributed by atoms with Crippen molar-refractivity contribution in [3.63, 3.8) is 0 Å². The molecule has 0 aliphatic rings. The van der Waals surface area contributed by atoms with Gasteiger partial charge in [0.05, 0.1) is 16.6 Å². The number of hydrogen-bond donors (Lipinski definition) is 3. The van der Waals surface area contributed by atoms with Gasteiger partial charge in [0.1, 0.15) is 12.1 Å². The predicted molar refractivity (Wildman–Crippen MR) is 118 cm³/mol. The van der Waals surface area contributed by atoms with E-state index in [1.165, 1.54) is 5.56 Å². The second-order valence-electron chi connectivity index (χ2n) is 7.13. The van der Waals surface area contributed by atoms with E-state index in [1.807, 2.05) is 0 Å². The molecule has 144 valence electrons. The molecule has 4 aromatic rings. The average molecular weight is 393 g/mol. The van der Waals surface area contributed by atoms with Gasteiger partial charge in [-0.15, -0.1) is 0 Å². The zero-order valence-corrected chi connectivity index (χ0v) is 17.1. The van der Waals surface area contributed by atoms with Crippen LogP contribution in [-0.4, -0.2) is 25.6 Å². The summed E-state index contributed by atoms with van der Waals surface area (Å²) in [5, 5.41) is 7.83. The maximum atomic E-state index is 5.43. The number of aromatic amines is 1. The number of anilines is 2. The predicted octanol–water partition coefficient (Wildman–Crippen LogP) is 5.09. The fourth-order valence-corrected chi connectivity index (χ4v) is 3.74. The van der Waals surface area contributed by atoms with E-state index in [1.54, 1.807) is 6.33 Å².